The van der Waals surface area contributed by atoms with Crippen LogP contribution in [0.1, 0.15) is 12.0 Å². The number of aromatic nitrogens is 3. The van der Waals surface area contributed by atoms with Gasteiger partial charge >= 0.3 is 0 Å². The van der Waals surface area contributed by atoms with Crippen LogP contribution in [-0.2, 0) is 22.7 Å². The molecule has 0 saturated carbocycles. The van der Waals surface area contributed by atoms with Crippen molar-refractivity contribution in [3.63, 3.8) is 0 Å². The zero-order valence-electron chi connectivity index (χ0n) is 18.9. The smallest absolute Gasteiger partial charge is 0.238 e. The van der Waals surface area contributed by atoms with Crippen molar-refractivity contribution in [1.82, 2.24) is 25.0 Å². The Bertz CT molecular complexity index is 1150. The normalized spacial score (nSPS) is 10.8. The van der Waals surface area contributed by atoms with Crippen LogP contribution in [0, 0.1) is 4.77 Å². The molecule has 0 saturated heterocycles. The Kier molecular flexibility index (Phi) is 8.34. The van der Waals surface area contributed by atoms with E-state index in [-0.39, 0.29) is 18.2 Å². The quantitative estimate of drug-likeness (QED) is 0.395. The Balaban J connectivity index is 1.55. The number of ether oxygens (including phenoxy) is 1. The van der Waals surface area contributed by atoms with Crippen LogP contribution < -0.4 is 15.4 Å². The van der Waals surface area contributed by atoms with Crippen molar-refractivity contribution in [3.8, 4) is 17.1 Å². The van der Waals surface area contributed by atoms with E-state index < -0.39 is 0 Å². The number of carbonyl (C=O) groups excluding carboxylic acids is 2. The molecular weight excluding hydrogens is 440 g/mol. The molecule has 0 aliphatic heterocycles. The summed E-state index contributed by atoms with van der Waals surface area (Å²) in [5, 5.41) is 12.9. The third-order valence-corrected chi connectivity index (χ3v) is 5.14. The number of amides is 2. The highest BCUT2D eigenvalue weighted by atomic mass is 32.1. The SMILES string of the molecule is COc1ccc(-c2n[nH]c(=S)n2CCC(=O)NCc2cccc(NC(=O)CN(C)C)c2)cc1. The molecule has 3 rings (SSSR count). The van der Waals surface area contributed by atoms with E-state index in [1.807, 2.05) is 62.6 Å². The number of carbonyl (C=O) groups is 2. The number of aromatic amines is 1. The summed E-state index contributed by atoms with van der Waals surface area (Å²) < 4.78 is 7.45. The van der Waals surface area contributed by atoms with Gasteiger partial charge < -0.3 is 20.3 Å². The highest BCUT2D eigenvalue weighted by Crippen LogP contribution is 2.21. The highest BCUT2D eigenvalue weighted by Gasteiger charge is 2.11. The molecule has 10 heteroatoms. The molecule has 3 aromatic rings. The molecule has 0 spiro atoms. The first-order valence-corrected chi connectivity index (χ1v) is 10.9. The number of methoxy groups -OCH3 is 1. The topological polar surface area (TPSA) is 104 Å². The second-order valence-electron chi connectivity index (χ2n) is 7.75. The number of nitrogens with one attached hydrogen (secondary N) is 3. The molecule has 0 radical (unpaired) electrons. The minimum Gasteiger partial charge on any atom is -0.497 e. The minimum absolute atomic E-state index is 0.0919. The maximum Gasteiger partial charge on any atom is 0.238 e. The predicted octanol–water partition coefficient (Wildman–Crippen LogP) is 2.82. The summed E-state index contributed by atoms with van der Waals surface area (Å²) in [5.41, 5.74) is 2.46. The maximum absolute atomic E-state index is 12.5. The summed E-state index contributed by atoms with van der Waals surface area (Å²) in [7, 11) is 5.28. The van der Waals surface area contributed by atoms with Gasteiger partial charge in [0, 0.05) is 30.8 Å². The van der Waals surface area contributed by atoms with Crippen LogP contribution in [0.25, 0.3) is 11.4 Å². The first-order valence-electron chi connectivity index (χ1n) is 10.5. The number of hydrogen-bond donors (Lipinski definition) is 3. The first-order chi connectivity index (χ1) is 15.9. The molecule has 0 atom stereocenters. The number of likely N-dealkylation sites (N-methyl/N-ethyl adjacent to an activating group) is 1. The van der Waals surface area contributed by atoms with Gasteiger partial charge in [0.25, 0.3) is 0 Å². The van der Waals surface area contributed by atoms with E-state index in [0.717, 1.165) is 16.9 Å². The zero-order chi connectivity index (χ0) is 23.8. The molecule has 0 fully saturated rings. The van der Waals surface area contributed by atoms with Gasteiger partial charge in [-0.2, -0.15) is 5.10 Å². The van der Waals surface area contributed by atoms with Gasteiger partial charge in [0.05, 0.1) is 13.7 Å². The molecule has 1 heterocycles. The predicted molar refractivity (Wildman–Crippen MR) is 129 cm³/mol. The second-order valence-corrected chi connectivity index (χ2v) is 8.13. The molecule has 0 aliphatic carbocycles. The standard InChI is InChI=1S/C23H28N6O3S/c1-28(2)15-21(31)25-18-6-4-5-16(13-18)14-24-20(30)11-12-29-22(26-27-23(29)33)17-7-9-19(32-3)10-8-17/h4-10,13H,11-12,14-15H2,1-3H3,(H,24,30)(H,25,31)(H,27,33). The third-order valence-electron chi connectivity index (χ3n) is 4.83. The molecule has 9 nitrogen and oxygen atoms in total. The van der Waals surface area contributed by atoms with E-state index in [0.29, 0.717) is 35.9 Å². The summed E-state index contributed by atoms with van der Waals surface area (Å²) in [6, 6.07) is 14.9. The third kappa shape index (κ3) is 6.99. The van der Waals surface area contributed by atoms with Crippen LogP contribution >= 0.6 is 12.2 Å². The van der Waals surface area contributed by atoms with E-state index >= 15 is 0 Å². The van der Waals surface area contributed by atoms with E-state index in [1.165, 1.54) is 0 Å². The van der Waals surface area contributed by atoms with Crippen molar-refractivity contribution in [2.75, 3.05) is 33.1 Å². The Morgan fingerprint density at radius 2 is 1.91 bits per heavy atom. The molecule has 3 N–H and O–H groups in total. The van der Waals surface area contributed by atoms with Gasteiger partial charge in [0.2, 0.25) is 11.8 Å². The summed E-state index contributed by atoms with van der Waals surface area (Å²) in [4.78, 5) is 26.2. The van der Waals surface area contributed by atoms with Crippen LogP contribution in [0.5, 0.6) is 5.75 Å². The average molecular weight is 469 g/mol. The van der Waals surface area contributed by atoms with Gasteiger partial charge in [-0.3, -0.25) is 19.3 Å². The van der Waals surface area contributed by atoms with Crippen molar-refractivity contribution in [1.29, 1.82) is 0 Å². The molecule has 0 aliphatic rings. The molecule has 1 aromatic heterocycles. The molecule has 33 heavy (non-hydrogen) atoms. The molecule has 2 amide bonds. The fraction of sp³-hybridized carbons (Fsp3) is 0.304. The van der Waals surface area contributed by atoms with E-state index in [1.54, 1.807) is 16.6 Å². The first kappa shape index (κ1) is 24.1. The molecule has 0 unspecified atom stereocenters. The fourth-order valence-corrected chi connectivity index (χ4v) is 3.46. The largest absolute Gasteiger partial charge is 0.497 e. The molecule has 174 valence electrons. The Morgan fingerprint density at radius 1 is 1.15 bits per heavy atom. The zero-order valence-corrected chi connectivity index (χ0v) is 19.7. The molecule has 0 bridgehead atoms. The Hall–Kier alpha value is -3.50. The van der Waals surface area contributed by atoms with Gasteiger partial charge in [-0.15, -0.1) is 0 Å². The minimum atomic E-state index is -0.110. The summed E-state index contributed by atoms with van der Waals surface area (Å²) in [5.74, 6) is 1.21. The number of hydrogen-bond acceptors (Lipinski definition) is 6. The van der Waals surface area contributed by atoms with Gasteiger partial charge in [-0.1, -0.05) is 12.1 Å². The Morgan fingerprint density at radius 3 is 2.61 bits per heavy atom. The van der Waals surface area contributed by atoms with Gasteiger partial charge in [0.15, 0.2) is 10.6 Å². The summed E-state index contributed by atoms with van der Waals surface area (Å²) >= 11 is 5.34. The molecular formula is C23H28N6O3S. The lowest BCUT2D eigenvalue weighted by Crippen LogP contribution is -2.27. The maximum atomic E-state index is 12.5. The van der Waals surface area contributed by atoms with Crippen LogP contribution in [0.4, 0.5) is 5.69 Å². The van der Waals surface area contributed by atoms with Crippen molar-refractivity contribution >= 4 is 29.7 Å². The van der Waals surface area contributed by atoms with Crippen molar-refractivity contribution in [2.45, 2.75) is 19.5 Å². The lowest BCUT2D eigenvalue weighted by molar-refractivity contribution is -0.121. The van der Waals surface area contributed by atoms with E-state index in [9.17, 15) is 9.59 Å². The van der Waals surface area contributed by atoms with Gasteiger partial charge in [-0.25, -0.2) is 0 Å². The summed E-state index contributed by atoms with van der Waals surface area (Å²) in [6.07, 6.45) is 0.246. The van der Waals surface area contributed by atoms with Crippen LogP contribution in [0.2, 0.25) is 0 Å². The summed E-state index contributed by atoms with van der Waals surface area (Å²) in [6.45, 7) is 1.05. The molecule has 2 aromatic carbocycles. The van der Waals surface area contributed by atoms with Crippen LogP contribution in [-0.4, -0.2) is 59.2 Å². The van der Waals surface area contributed by atoms with Crippen molar-refractivity contribution in [3.05, 3.63) is 58.9 Å². The lowest BCUT2D eigenvalue weighted by Gasteiger charge is -2.12. The van der Waals surface area contributed by atoms with E-state index in [2.05, 4.69) is 20.8 Å². The number of benzene rings is 2. The average Bonchev–Trinajstić information content (AvgIpc) is 3.16. The van der Waals surface area contributed by atoms with Crippen LogP contribution in [0.3, 0.4) is 0 Å². The Labute approximate surface area is 197 Å². The number of anilines is 1. The second kappa shape index (κ2) is 11.4. The number of rotatable bonds is 10. The lowest BCUT2D eigenvalue weighted by atomic mass is 10.2. The fourth-order valence-electron chi connectivity index (χ4n) is 3.23. The van der Waals surface area contributed by atoms with Crippen molar-refractivity contribution < 1.29 is 14.3 Å². The van der Waals surface area contributed by atoms with E-state index in [4.69, 9.17) is 17.0 Å². The monoisotopic (exact) mass is 468 g/mol. The highest BCUT2D eigenvalue weighted by molar-refractivity contribution is 7.71. The van der Waals surface area contributed by atoms with Crippen molar-refractivity contribution in [2.24, 2.45) is 0 Å². The van der Waals surface area contributed by atoms with Crippen LogP contribution in [0.15, 0.2) is 48.5 Å². The van der Waals surface area contributed by atoms with Gasteiger partial charge in [-0.05, 0) is 68.3 Å². The van der Waals surface area contributed by atoms with Gasteiger partial charge in [0.1, 0.15) is 5.75 Å². The number of H-pyrrole nitrogens is 1. The number of nitrogens with zero attached hydrogens (tertiary/aromatic N) is 3.